The third-order valence-electron chi connectivity index (χ3n) is 4.02. The van der Waals surface area contributed by atoms with Crippen molar-refractivity contribution in [3.8, 4) is 0 Å². The average molecular weight is 330 g/mol. The highest BCUT2D eigenvalue weighted by molar-refractivity contribution is 7.90. The van der Waals surface area contributed by atoms with Crippen molar-refractivity contribution in [3.05, 3.63) is 11.8 Å². The van der Waals surface area contributed by atoms with Crippen LogP contribution >= 0.6 is 0 Å². The van der Waals surface area contributed by atoms with Gasteiger partial charge in [0.05, 0.1) is 11.6 Å². The summed E-state index contributed by atoms with van der Waals surface area (Å²) < 4.78 is 22.3. The SMILES string of the molecule is CCCCCC1=CC(N)(CCCCS(C)(=O)=O)C(N)C(N)=N1. The summed E-state index contributed by atoms with van der Waals surface area (Å²) in [5.41, 5.74) is 18.6. The molecule has 128 valence electrons. The fourth-order valence-corrected chi connectivity index (χ4v) is 3.38. The highest BCUT2D eigenvalue weighted by atomic mass is 32.2. The largest absolute Gasteiger partial charge is 0.386 e. The van der Waals surface area contributed by atoms with Gasteiger partial charge in [0.15, 0.2) is 0 Å². The number of allylic oxidation sites excluding steroid dienone is 1. The normalized spacial score (nSPS) is 25.7. The van der Waals surface area contributed by atoms with Crippen LogP contribution in [0.5, 0.6) is 0 Å². The molecule has 7 heteroatoms. The Morgan fingerprint density at radius 2 is 1.95 bits per heavy atom. The molecule has 0 bridgehead atoms. The quantitative estimate of drug-likeness (QED) is 0.545. The molecule has 0 amide bonds. The van der Waals surface area contributed by atoms with Crippen LogP contribution in [0.25, 0.3) is 0 Å². The molecule has 0 saturated heterocycles. The van der Waals surface area contributed by atoms with Crippen LogP contribution in [0.3, 0.4) is 0 Å². The third kappa shape index (κ3) is 6.06. The number of hydrogen-bond donors (Lipinski definition) is 3. The summed E-state index contributed by atoms with van der Waals surface area (Å²) >= 11 is 0. The number of unbranched alkanes of at least 4 members (excludes halogenated alkanes) is 3. The number of nitrogens with two attached hydrogens (primary N) is 3. The van der Waals surface area contributed by atoms with Gasteiger partial charge in [-0.15, -0.1) is 0 Å². The minimum absolute atomic E-state index is 0.176. The van der Waals surface area contributed by atoms with Gasteiger partial charge in [0.1, 0.15) is 15.7 Å². The molecule has 0 aromatic carbocycles. The maximum absolute atomic E-state index is 11.2. The van der Waals surface area contributed by atoms with Gasteiger partial charge in [-0.3, -0.25) is 0 Å². The molecule has 0 aliphatic carbocycles. The monoisotopic (exact) mass is 330 g/mol. The van der Waals surface area contributed by atoms with E-state index in [4.69, 9.17) is 17.2 Å². The van der Waals surface area contributed by atoms with E-state index >= 15 is 0 Å². The van der Waals surface area contributed by atoms with Crippen molar-refractivity contribution in [1.29, 1.82) is 0 Å². The van der Waals surface area contributed by atoms with Crippen LogP contribution in [-0.2, 0) is 9.84 Å². The molecule has 1 aliphatic heterocycles. The second-order valence-electron chi connectivity index (χ2n) is 6.31. The molecule has 6 N–H and O–H groups in total. The van der Waals surface area contributed by atoms with Crippen LogP contribution in [0.2, 0.25) is 0 Å². The number of rotatable bonds is 9. The first-order valence-electron chi connectivity index (χ1n) is 7.96. The highest BCUT2D eigenvalue weighted by Gasteiger charge is 2.35. The molecule has 0 aromatic rings. The molecule has 0 radical (unpaired) electrons. The number of nitrogens with zero attached hydrogens (tertiary/aromatic N) is 1. The van der Waals surface area contributed by atoms with Crippen molar-refractivity contribution >= 4 is 15.7 Å². The Hall–Kier alpha value is -0.920. The minimum Gasteiger partial charge on any atom is -0.386 e. The Labute approximate surface area is 134 Å². The molecule has 0 spiro atoms. The summed E-state index contributed by atoms with van der Waals surface area (Å²) in [6, 6.07) is -0.513. The highest BCUT2D eigenvalue weighted by Crippen LogP contribution is 2.26. The molecule has 0 fully saturated rings. The molecule has 1 heterocycles. The summed E-state index contributed by atoms with van der Waals surface area (Å²) in [5, 5.41) is 0. The van der Waals surface area contributed by atoms with Crippen molar-refractivity contribution in [1.82, 2.24) is 0 Å². The predicted molar refractivity (Wildman–Crippen MR) is 92.3 cm³/mol. The third-order valence-corrected chi connectivity index (χ3v) is 5.05. The van der Waals surface area contributed by atoms with Crippen molar-refractivity contribution in [2.45, 2.75) is 63.5 Å². The zero-order valence-electron chi connectivity index (χ0n) is 13.7. The van der Waals surface area contributed by atoms with Gasteiger partial charge >= 0.3 is 0 Å². The second-order valence-corrected chi connectivity index (χ2v) is 8.57. The second kappa shape index (κ2) is 8.08. The topological polar surface area (TPSA) is 125 Å². The fraction of sp³-hybridized carbons (Fsp3) is 0.800. The number of sulfone groups is 1. The first-order valence-corrected chi connectivity index (χ1v) is 10.0. The Morgan fingerprint density at radius 1 is 1.27 bits per heavy atom. The zero-order chi connectivity index (χ0) is 16.8. The van der Waals surface area contributed by atoms with E-state index in [0.29, 0.717) is 25.1 Å². The Morgan fingerprint density at radius 3 is 2.55 bits per heavy atom. The average Bonchev–Trinajstić information content (AvgIpc) is 2.40. The number of amidine groups is 1. The van der Waals surface area contributed by atoms with Gasteiger partial charge < -0.3 is 17.2 Å². The lowest BCUT2D eigenvalue weighted by Crippen LogP contribution is -2.61. The molecule has 1 aliphatic rings. The van der Waals surface area contributed by atoms with Gasteiger partial charge in [-0.1, -0.05) is 26.2 Å². The minimum atomic E-state index is -2.93. The molecule has 6 nitrogen and oxygen atoms in total. The van der Waals surface area contributed by atoms with E-state index in [1.54, 1.807) is 0 Å². The van der Waals surface area contributed by atoms with Gasteiger partial charge in [0.25, 0.3) is 0 Å². The molecule has 2 unspecified atom stereocenters. The molecular weight excluding hydrogens is 300 g/mol. The van der Waals surface area contributed by atoms with E-state index in [1.807, 2.05) is 6.08 Å². The number of hydrogen-bond acceptors (Lipinski definition) is 6. The van der Waals surface area contributed by atoms with Crippen LogP contribution in [0.4, 0.5) is 0 Å². The lowest BCUT2D eigenvalue weighted by Gasteiger charge is -2.35. The summed E-state index contributed by atoms with van der Waals surface area (Å²) in [6.07, 6.45) is 9.26. The van der Waals surface area contributed by atoms with Crippen molar-refractivity contribution in [2.75, 3.05) is 12.0 Å². The Kier molecular flexibility index (Phi) is 7.02. The Bertz CT molecular complexity index is 528. The van der Waals surface area contributed by atoms with Crippen LogP contribution in [0, 0.1) is 0 Å². The van der Waals surface area contributed by atoms with Gasteiger partial charge in [-0.05, 0) is 31.8 Å². The van der Waals surface area contributed by atoms with Crippen molar-refractivity contribution < 1.29 is 8.42 Å². The van der Waals surface area contributed by atoms with Crippen LogP contribution < -0.4 is 17.2 Å². The molecule has 0 aromatic heterocycles. The van der Waals surface area contributed by atoms with Crippen molar-refractivity contribution in [2.24, 2.45) is 22.2 Å². The van der Waals surface area contributed by atoms with Crippen molar-refractivity contribution in [3.63, 3.8) is 0 Å². The molecule has 22 heavy (non-hydrogen) atoms. The predicted octanol–water partition coefficient (Wildman–Crippen LogP) is 1.06. The molecule has 0 saturated carbocycles. The maximum Gasteiger partial charge on any atom is 0.147 e. The molecule has 1 rings (SSSR count). The van der Waals surface area contributed by atoms with E-state index in [0.717, 1.165) is 31.4 Å². The van der Waals surface area contributed by atoms with E-state index in [9.17, 15) is 8.42 Å². The van der Waals surface area contributed by atoms with Gasteiger partial charge in [-0.2, -0.15) is 0 Å². The molecular formula is C15H30N4O2S. The van der Waals surface area contributed by atoms with E-state index < -0.39 is 21.4 Å². The summed E-state index contributed by atoms with van der Waals surface area (Å²) in [5.74, 6) is 0.550. The van der Waals surface area contributed by atoms with E-state index in [-0.39, 0.29) is 5.75 Å². The first-order chi connectivity index (χ1) is 10.2. The maximum atomic E-state index is 11.2. The lowest BCUT2D eigenvalue weighted by atomic mass is 9.82. The smallest absolute Gasteiger partial charge is 0.147 e. The fourth-order valence-electron chi connectivity index (χ4n) is 2.65. The summed E-state index contributed by atoms with van der Waals surface area (Å²) in [4.78, 5) is 4.35. The molecule has 2 atom stereocenters. The summed E-state index contributed by atoms with van der Waals surface area (Å²) in [6.45, 7) is 2.15. The lowest BCUT2D eigenvalue weighted by molar-refractivity contribution is 0.426. The van der Waals surface area contributed by atoms with E-state index in [1.165, 1.54) is 6.26 Å². The van der Waals surface area contributed by atoms with Crippen LogP contribution in [-0.4, -0.2) is 37.8 Å². The zero-order valence-corrected chi connectivity index (χ0v) is 14.5. The van der Waals surface area contributed by atoms with E-state index in [2.05, 4.69) is 11.9 Å². The number of aliphatic imine (C=N–C) groups is 1. The first kappa shape index (κ1) is 19.1. The summed E-state index contributed by atoms with van der Waals surface area (Å²) in [7, 11) is -2.93. The van der Waals surface area contributed by atoms with Crippen LogP contribution in [0.1, 0.15) is 51.9 Å². The Balaban J connectivity index is 2.65. The van der Waals surface area contributed by atoms with Gasteiger partial charge in [0.2, 0.25) is 0 Å². The van der Waals surface area contributed by atoms with Crippen LogP contribution in [0.15, 0.2) is 16.8 Å². The van der Waals surface area contributed by atoms with Gasteiger partial charge in [0, 0.05) is 17.7 Å². The standard InChI is InChI=1S/C15H30N4O2S/c1-3-4-5-8-12-11-15(18,13(16)14(17)19-12)9-6-7-10-22(2,20)21/h11,13H,3-10,16,18H2,1-2H3,(H2,17,19). The van der Waals surface area contributed by atoms with Gasteiger partial charge in [-0.25, -0.2) is 13.4 Å².